The molecule has 3 rings (SSSR count). The third-order valence-corrected chi connectivity index (χ3v) is 5.47. The zero-order valence-electron chi connectivity index (χ0n) is 12.9. The summed E-state index contributed by atoms with van der Waals surface area (Å²) in [6, 6.07) is 7.32. The number of nitrogens with one attached hydrogen (secondary N) is 1. The lowest BCUT2D eigenvalue weighted by atomic mass is 10.2. The zero-order chi connectivity index (χ0) is 18.0. The van der Waals surface area contributed by atoms with Crippen LogP contribution in [0.4, 0.5) is 4.39 Å². The molecule has 25 heavy (non-hydrogen) atoms. The van der Waals surface area contributed by atoms with Crippen LogP contribution in [-0.2, 0) is 21.4 Å². The first kappa shape index (κ1) is 17.1. The highest BCUT2D eigenvalue weighted by Gasteiger charge is 2.30. The fourth-order valence-corrected chi connectivity index (χ4v) is 4.07. The van der Waals surface area contributed by atoms with E-state index in [1.54, 1.807) is 18.2 Å². The van der Waals surface area contributed by atoms with Crippen LogP contribution < -0.4 is 0 Å². The molecule has 0 aliphatic rings. The third kappa shape index (κ3) is 3.37. The van der Waals surface area contributed by atoms with E-state index < -0.39 is 28.4 Å². The second-order valence-electron chi connectivity index (χ2n) is 5.34. The molecule has 0 fully saturated rings. The predicted molar refractivity (Wildman–Crippen MR) is 87.7 cm³/mol. The Bertz CT molecular complexity index is 1020. The lowest BCUT2D eigenvalue weighted by Crippen LogP contribution is -2.35. The maximum Gasteiger partial charge on any atom is 0.318 e. The molecule has 9 heteroatoms. The van der Waals surface area contributed by atoms with Crippen molar-refractivity contribution in [2.45, 2.75) is 11.4 Å². The number of pyridine rings is 1. The lowest BCUT2D eigenvalue weighted by molar-refractivity contribution is -0.137. The van der Waals surface area contributed by atoms with E-state index in [9.17, 15) is 17.6 Å². The molecule has 0 amide bonds. The van der Waals surface area contributed by atoms with Crippen molar-refractivity contribution in [3.8, 4) is 0 Å². The number of sulfonamides is 1. The van der Waals surface area contributed by atoms with Crippen molar-refractivity contribution in [3.05, 3.63) is 60.3 Å². The minimum atomic E-state index is -4.24. The molecule has 2 N–H and O–H groups in total. The molecule has 0 unspecified atom stereocenters. The molecule has 2 heterocycles. The molecule has 0 radical (unpaired) electrons. The maximum atomic E-state index is 14.1. The average molecular weight is 363 g/mol. The molecule has 3 aromatic rings. The van der Waals surface area contributed by atoms with Crippen LogP contribution in [0, 0.1) is 5.82 Å². The van der Waals surface area contributed by atoms with Crippen molar-refractivity contribution in [1.82, 2.24) is 14.3 Å². The highest BCUT2D eigenvalue weighted by Crippen LogP contribution is 2.28. The van der Waals surface area contributed by atoms with Crippen LogP contribution >= 0.6 is 0 Å². The van der Waals surface area contributed by atoms with E-state index in [4.69, 9.17) is 5.11 Å². The Labute approximate surface area is 142 Å². The van der Waals surface area contributed by atoms with Crippen LogP contribution in [0.1, 0.15) is 5.56 Å². The van der Waals surface area contributed by atoms with Gasteiger partial charge in [0.15, 0.2) is 0 Å². The van der Waals surface area contributed by atoms with Gasteiger partial charge in [0.05, 0.1) is 5.39 Å². The summed E-state index contributed by atoms with van der Waals surface area (Å²) in [5, 5.41) is 9.00. The summed E-state index contributed by atoms with van der Waals surface area (Å²) in [5.41, 5.74) is 0.887. The number of carboxylic acid groups (broad SMARTS) is 1. The molecule has 130 valence electrons. The number of carbonyl (C=O) groups is 1. The predicted octanol–water partition coefficient (Wildman–Crippen LogP) is 1.98. The summed E-state index contributed by atoms with van der Waals surface area (Å²) >= 11 is 0. The van der Waals surface area contributed by atoms with Gasteiger partial charge in [-0.15, -0.1) is 0 Å². The Morgan fingerprint density at radius 2 is 1.96 bits per heavy atom. The Kier molecular flexibility index (Phi) is 4.51. The van der Waals surface area contributed by atoms with Gasteiger partial charge in [-0.2, -0.15) is 4.31 Å². The summed E-state index contributed by atoms with van der Waals surface area (Å²) in [7, 11) is -4.24. The molecule has 0 aliphatic carbocycles. The van der Waals surface area contributed by atoms with E-state index in [1.165, 1.54) is 24.7 Å². The van der Waals surface area contributed by atoms with Crippen molar-refractivity contribution in [1.29, 1.82) is 0 Å². The Morgan fingerprint density at radius 1 is 1.24 bits per heavy atom. The van der Waals surface area contributed by atoms with E-state index >= 15 is 0 Å². The van der Waals surface area contributed by atoms with E-state index in [2.05, 4.69) is 9.97 Å². The Hall–Kier alpha value is -2.78. The maximum absolute atomic E-state index is 14.1. The van der Waals surface area contributed by atoms with Gasteiger partial charge >= 0.3 is 5.97 Å². The van der Waals surface area contributed by atoms with Gasteiger partial charge in [-0.1, -0.05) is 6.07 Å². The molecule has 0 spiro atoms. The number of halogens is 1. The van der Waals surface area contributed by atoms with Gasteiger partial charge in [-0.05, 0) is 29.8 Å². The van der Waals surface area contributed by atoms with E-state index in [-0.39, 0.29) is 16.8 Å². The van der Waals surface area contributed by atoms with Gasteiger partial charge in [0.1, 0.15) is 17.3 Å². The number of nitrogens with zero attached hydrogens (tertiary/aromatic N) is 2. The number of hydrogen-bond donors (Lipinski definition) is 2. The van der Waals surface area contributed by atoms with Gasteiger partial charge in [0.25, 0.3) is 0 Å². The van der Waals surface area contributed by atoms with Gasteiger partial charge < -0.3 is 10.1 Å². The summed E-state index contributed by atoms with van der Waals surface area (Å²) in [6.07, 6.45) is 4.13. The molecule has 2 aromatic heterocycles. The Morgan fingerprint density at radius 3 is 2.64 bits per heavy atom. The zero-order valence-corrected chi connectivity index (χ0v) is 13.7. The Balaban J connectivity index is 2.08. The highest BCUT2D eigenvalue weighted by atomic mass is 32.2. The molecule has 0 saturated heterocycles. The molecule has 1 aromatic carbocycles. The van der Waals surface area contributed by atoms with Crippen molar-refractivity contribution in [2.24, 2.45) is 0 Å². The first-order valence-electron chi connectivity index (χ1n) is 7.26. The quantitative estimate of drug-likeness (QED) is 0.697. The fourth-order valence-electron chi connectivity index (χ4n) is 2.52. The number of fused-ring (bicyclic) bond motifs is 1. The van der Waals surface area contributed by atoms with Gasteiger partial charge in [-0.25, -0.2) is 12.8 Å². The van der Waals surface area contributed by atoms with E-state index in [1.807, 2.05) is 0 Å². The van der Waals surface area contributed by atoms with Crippen molar-refractivity contribution in [3.63, 3.8) is 0 Å². The van der Waals surface area contributed by atoms with Gasteiger partial charge in [0.2, 0.25) is 10.0 Å². The van der Waals surface area contributed by atoms with Crippen molar-refractivity contribution < 1.29 is 22.7 Å². The van der Waals surface area contributed by atoms with Gasteiger partial charge in [-0.3, -0.25) is 9.78 Å². The largest absolute Gasteiger partial charge is 0.480 e. The SMILES string of the molecule is O=C(O)CN(Cc1ccncc1)S(=O)(=O)c1c[nH]c2cccc(F)c12. The summed E-state index contributed by atoms with van der Waals surface area (Å²) in [4.78, 5) is 17.4. The van der Waals surface area contributed by atoms with E-state index in [0.29, 0.717) is 11.1 Å². The molecule has 0 atom stereocenters. The van der Waals surface area contributed by atoms with Crippen LogP contribution in [0.15, 0.2) is 53.8 Å². The fraction of sp³-hybridized carbons (Fsp3) is 0.125. The lowest BCUT2D eigenvalue weighted by Gasteiger charge is -2.20. The summed E-state index contributed by atoms with van der Waals surface area (Å²) in [6.45, 7) is -0.913. The average Bonchev–Trinajstić information content (AvgIpc) is 3.01. The van der Waals surface area contributed by atoms with Crippen molar-refractivity contribution >= 4 is 26.9 Å². The minimum absolute atomic E-state index is 0.0902. The second kappa shape index (κ2) is 6.61. The van der Waals surface area contributed by atoms with Crippen molar-refractivity contribution in [2.75, 3.05) is 6.54 Å². The molecule has 7 nitrogen and oxygen atoms in total. The highest BCUT2D eigenvalue weighted by molar-refractivity contribution is 7.89. The molecule has 0 aliphatic heterocycles. The van der Waals surface area contributed by atoms with Crippen LogP contribution in [0.3, 0.4) is 0 Å². The second-order valence-corrected chi connectivity index (χ2v) is 7.24. The number of aromatic nitrogens is 2. The normalized spacial score (nSPS) is 11.9. The minimum Gasteiger partial charge on any atom is -0.480 e. The molecule has 0 bridgehead atoms. The first-order chi connectivity index (χ1) is 11.9. The number of aliphatic carboxylic acids is 1. The van der Waals surface area contributed by atoms with Crippen LogP contribution in [-0.4, -0.2) is 40.3 Å². The summed E-state index contributed by atoms with van der Waals surface area (Å²) in [5.74, 6) is -2.01. The number of H-pyrrole nitrogens is 1. The van der Waals surface area contributed by atoms with E-state index in [0.717, 1.165) is 10.4 Å². The van der Waals surface area contributed by atoms with Crippen LogP contribution in [0.2, 0.25) is 0 Å². The first-order valence-corrected chi connectivity index (χ1v) is 8.70. The molecular formula is C16H14FN3O4S. The topological polar surface area (TPSA) is 103 Å². The number of benzene rings is 1. The smallest absolute Gasteiger partial charge is 0.318 e. The summed E-state index contributed by atoms with van der Waals surface area (Å²) < 4.78 is 40.8. The number of rotatable bonds is 6. The standard InChI is InChI=1S/C16H14FN3O4S/c17-12-2-1-3-13-16(12)14(8-19-13)25(23,24)20(10-15(21)22)9-11-4-6-18-7-5-11/h1-8,19H,9-10H2,(H,21,22). The van der Waals surface area contributed by atoms with Crippen LogP contribution in [0.25, 0.3) is 10.9 Å². The number of carboxylic acids is 1. The monoisotopic (exact) mass is 363 g/mol. The number of hydrogen-bond acceptors (Lipinski definition) is 4. The van der Waals surface area contributed by atoms with Gasteiger partial charge in [0, 0.05) is 30.7 Å². The third-order valence-electron chi connectivity index (χ3n) is 3.66. The molecular weight excluding hydrogens is 349 g/mol. The molecule has 0 saturated carbocycles. The number of aromatic amines is 1. The van der Waals surface area contributed by atoms with Crippen LogP contribution in [0.5, 0.6) is 0 Å².